The van der Waals surface area contributed by atoms with Crippen LogP contribution in [0, 0.1) is 34.5 Å². The summed E-state index contributed by atoms with van der Waals surface area (Å²) in [5.74, 6) is 0.932. The number of carbonyl (C=O) groups excluding carboxylic acids is 3. The Hall–Kier alpha value is -2.61. The first-order valence-corrected chi connectivity index (χ1v) is 14.1. The minimum atomic E-state index is -1.37. The number of rotatable bonds is 6. The smallest absolute Gasteiger partial charge is 0.438 e. The zero-order valence-electron chi connectivity index (χ0n) is 24.3. The lowest BCUT2D eigenvalue weighted by atomic mass is 9.49. The molecule has 8 nitrogen and oxygen atoms in total. The van der Waals surface area contributed by atoms with Crippen LogP contribution in [-0.4, -0.2) is 55.2 Å². The molecule has 4 aliphatic rings. The molecule has 4 rings (SSSR count). The number of carbonyl (C=O) groups is 3. The van der Waals surface area contributed by atoms with Crippen molar-refractivity contribution >= 4 is 18.1 Å². The van der Waals surface area contributed by atoms with E-state index in [1.165, 1.54) is 33.6 Å². The van der Waals surface area contributed by atoms with E-state index in [4.69, 9.17) is 18.9 Å². The van der Waals surface area contributed by atoms with E-state index in [9.17, 15) is 19.5 Å². The molecule has 0 unspecified atom stereocenters. The second kappa shape index (κ2) is 10.8. The molecule has 0 spiro atoms. The Bertz CT molecular complexity index is 1080. The number of ether oxygens (including phenoxy) is 4. The topological polar surface area (TPSA) is 108 Å². The summed E-state index contributed by atoms with van der Waals surface area (Å²) >= 11 is 0. The predicted octanol–water partition coefficient (Wildman–Crippen LogP) is 5.93. The molecule has 0 aromatic carbocycles. The molecule has 0 bridgehead atoms. The molecule has 1 N–H and O–H groups in total. The summed E-state index contributed by atoms with van der Waals surface area (Å²) in [6.07, 6.45) is 10.5. The number of fused-ring (bicyclic) bond motifs is 5. The van der Waals surface area contributed by atoms with E-state index in [1.807, 2.05) is 6.08 Å². The van der Waals surface area contributed by atoms with Crippen molar-refractivity contribution in [3.63, 3.8) is 0 Å². The molecule has 0 aromatic rings. The van der Waals surface area contributed by atoms with E-state index in [-0.39, 0.29) is 23.0 Å². The molecule has 0 aromatic heterocycles. The molecule has 0 radical (unpaired) electrons. The molecular weight excluding hydrogens is 500 g/mol. The summed E-state index contributed by atoms with van der Waals surface area (Å²) in [4.78, 5) is 36.5. The van der Waals surface area contributed by atoms with Gasteiger partial charge in [0, 0.05) is 18.3 Å². The third kappa shape index (κ3) is 5.29. The number of allylic oxidation sites excluding steroid dienone is 4. The van der Waals surface area contributed by atoms with Crippen LogP contribution in [-0.2, 0) is 23.7 Å². The zero-order valence-corrected chi connectivity index (χ0v) is 24.3. The molecule has 3 saturated carbocycles. The normalized spacial score (nSPS) is 36.5. The summed E-state index contributed by atoms with van der Waals surface area (Å²) < 4.78 is 20.9. The summed E-state index contributed by atoms with van der Waals surface area (Å²) in [6, 6.07) is 0. The fourth-order valence-corrected chi connectivity index (χ4v) is 8.10. The Labute approximate surface area is 231 Å². The average Bonchev–Trinajstić information content (AvgIpc) is 3.24. The first kappa shape index (κ1) is 29.4. The summed E-state index contributed by atoms with van der Waals surface area (Å²) in [5, 5.41) is 10.0. The SMILES string of the molecule is COC(=O)O[C@@H]1CC2=CC=C3[C@@H]4CC[C@H]([C@@H](C)/C=C/C(=O)C(C)(C)O)[C@@]4(C)CC[C@@H]3[C@@]2(C)[C@@H](OC(=O)OC)C1. The first-order valence-electron chi connectivity index (χ1n) is 14.1. The highest BCUT2D eigenvalue weighted by Gasteiger charge is 2.60. The van der Waals surface area contributed by atoms with Gasteiger partial charge in [-0.1, -0.05) is 50.1 Å². The van der Waals surface area contributed by atoms with Crippen LogP contribution in [0.15, 0.2) is 35.5 Å². The monoisotopic (exact) mass is 544 g/mol. The molecule has 3 fully saturated rings. The van der Waals surface area contributed by atoms with Gasteiger partial charge in [0.05, 0.1) is 14.2 Å². The lowest BCUT2D eigenvalue weighted by Crippen LogP contribution is -2.54. The highest BCUT2D eigenvalue weighted by atomic mass is 16.7. The first-order chi connectivity index (χ1) is 18.2. The minimum Gasteiger partial charge on any atom is -0.438 e. The Kier molecular flexibility index (Phi) is 8.10. The van der Waals surface area contributed by atoms with Gasteiger partial charge in [-0.15, -0.1) is 0 Å². The van der Waals surface area contributed by atoms with Gasteiger partial charge < -0.3 is 24.1 Å². The lowest BCUT2D eigenvalue weighted by Gasteiger charge is -2.57. The number of hydrogen-bond acceptors (Lipinski definition) is 8. The van der Waals surface area contributed by atoms with Gasteiger partial charge in [-0.3, -0.25) is 4.79 Å². The number of hydrogen-bond donors (Lipinski definition) is 1. The predicted molar refractivity (Wildman–Crippen MR) is 145 cm³/mol. The third-order valence-corrected chi connectivity index (χ3v) is 10.3. The molecule has 0 heterocycles. The van der Waals surface area contributed by atoms with Crippen LogP contribution < -0.4 is 0 Å². The molecular formula is C31H44O8. The van der Waals surface area contributed by atoms with Crippen LogP contribution in [0.1, 0.15) is 73.1 Å². The quantitative estimate of drug-likeness (QED) is 0.324. The van der Waals surface area contributed by atoms with E-state index in [0.29, 0.717) is 24.7 Å². The summed E-state index contributed by atoms with van der Waals surface area (Å²) in [6.45, 7) is 9.78. The van der Waals surface area contributed by atoms with E-state index in [0.717, 1.165) is 31.3 Å². The highest BCUT2D eigenvalue weighted by Crippen LogP contribution is 2.66. The number of ketones is 1. The molecule has 8 heteroatoms. The Morgan fingerprint density at radius 1 is 1.03 bits per heavy atom. The Morgan fingerprint density at radius 3 is 2.33 bits per heavy atom. The lowest BCUT2D eigenvalue weighted by molar-refractivity contribution is -0.128. The second-order valence-corrected chi connectivity index (χ2v) is 12.8. The maximum atomic E-state index is 12.3. The summed E-state index contributed by atoms with van der Waals surface area (Å²) in [5.41, 5.74) is 0.803. The fourth-order valence-electron chi connectivity index (χ4n) is 8.10. The van der Waals surface area contributed by atoms with Crippen molar-refractivity contribution in [3.8, 4) is 0 Å². The van der Waals surface area contributed by atoms with Crippen LogP contribution in [0.25, 0.3) is 0 Å². The van der Waals surface area contributed by atoms with Crippen molar-refractivity contribution in [3.05, 3.63) is 35.5 Å². The summed E-state index contributed by atoms with van der Waals surface area (Å²) in [7, 11) is 2.58. The van der Waals surface area contributed by atoms with Crippen LogP contribution in [0.2, 0.25) is 0 Å². The largest absolute Gasteiger partial charge is 0.508 e. The van der Waals surface area contributed by atoms with Crippen molar-refractivity contribution in [2.75, 3.05) is 14.2 Å². The van der Waals surface area contributed by atoms with Gasteiger partial charge in [0.1, 0.15) is 17.8 Å². The molecule has 4 aliphatic carbocycles. The average molecular weight is 545 g/mol. The fraction of sp³-hybridized carbons (Fsp3) is 0.710. The van der Waals surface area contributed by atoms with Crippen LogP contribution >= 0.6 is 0 Å². The van der Waals surface area contributed by atoms with Gasteiger partial charge in [0.2, 0.25) is 0 Å². The van der Waals surface area contributed by atoms with Gasteiger partial charge in [-0.05, 0) is 74.7 Å². The van der Waals surface area contributed by atoms with Crippen molar-refractivity contribution < 1.29 is 38.4 Å². The van der Waals surface area contributed by atoms with Crippen LogP contribution in [0.5, 0.6) is 0 Å². The van der Waals surface area contributed by atoms with Gasteiger partial charge in [0.25, 0.3) is 0 Å². The van der Waals surface area contributed by atoms with Crippen molar-refractivity contribution in [1.82, 2.24) is 0 Å². The highest BCUT2D eigenvalue weighted by molar-refractivity contribution is 5.96. The number of aliphatic hydroxyl groups is 1. The molecule has 0 amide bonds. The van der Waals surface area contributed by atoms with E-state index in [2.05, 4.69) is 32.9 Å². The maximum absolute atomic E-state index is 12.3. The van der Waals surface area contributed by atoms with Gasteiger partial charge in [-0.25, -0.2) is 9.59 Å². The van der Waals surface area contributed by atoms with Gasteiger partial charge in [0.15, 0.2) is 5.78 Å². The minimum absolute atomic E-state index is 0.0788. The van der Waals surface area contributed by atoms with Crippen LogP contribution in [0.4, 0.5) is 9.59 Å². The third-order valence-electron chi connectivity index (χ3n) is 10.3. The number of methoxy groups -OCH3 is 2. The van der Waals surface area contributed by atoms with Crippen molar-refractivity contribution in [1.29, 1.82) is 0 Å². The van der Waals surface area contributed by atoms with Gasteiger partial charge >= 0.3 is 12.3 Å². The molecule has 0 aliphatic heterocycles. The zero-order chi connectivity index (χ0) is 28.8. The van der Waals surface area contributed by atoms with Gasteiger partial charge in [-0.2, -0.15) is 0 Å². The Balaban J connectivity index is 1.62. The van der Waals surface area contributed by atoms with E-state index < -0.39 is 35.5 Å². The molecule has 39 heavy (non-hydrogen) atoms. The van der Waals surface area contributed by atoms with E-state index >= 15 is 0 Å². The van der Waals surface area contributed by atoms with Crippen LogP contribution in [0.3, 0.4) is 0 Å². The Morgan fingerprint density at radius 2 is 1.69 bits per heavy atom. The molecule has 0 saturated heterocycles. The van der Waals surface area contributed by atoms with Crippen molar-refractivity contribution in [2.45, 2.75) is 91.0 Å². The maximum Gasteiger partial charge on any atom is 0.508 e. The van der Waals surface area contributed by atoms with Crippen molar-refractivity contribution in [2.24, 2.45) is 34.5 Å². The van der Waals surface area contributed by atoms with E-state index in [1.54, 1.807) is 6.08 Å². The standard InChI is InChI=1S/C31H44O8/c1-18(8-13-25(32)29(2,3)35)22-11-12-23-21-10-9-19-16-20(38-27(33)36-6)17-26(39-28(34)37-7)31(19,5)24(21)14-15-30(22,23)4/h8-10,13,18,20,22-24,26,35H,11-12,14-17H2,1-7H3/b13-8+/t18-,20+,22+,23-,24-,26-,30+,31-/m0/s1. The second-order valence-electron chi connectivity index (χ2n) is 12.8. The molecule has 8 atom stereocenters. The molecule has 216 valence electrons.